The second-order valence-corrected chi connectivity index (χ2v) is 11.9. The van der Waals surface area contributed by atoms with Crippen LogP contribution in [-0.2, 0) is 35.0 Å². The van der Waals surface area contributed by atoms with E-state index in [9.17, 15) is 19.2 Å². The summed E-state index contributed by atoms with van der Waals surface area (Å²) < 4.78 is 26.9. The van der Waals surface area contributed by atoms with Gasteiger partial charge in [0, 0.05) is 0 Å². The Bertz CT molecular complexity index is 1030. The Balaban J connectivity index is 3.01. The fourth-order valence-corrected chi connectivity index (χ4v) is 3.02. The molecule has 0 saturated carbocycles. The van der Waals surface area contributed by atoms with Crippen molar-refractivity contribution in [2.45, 2.75) is 106 Å². The largest absolute Gasteiger partial charge is 0.509 e. The topological polar surface area (TPSA) is 140 Å². The third-order valence-corrected chi connectivity index (χ3v) is 6.57. The van der Waals surface area contributed by atoms with Crippen LogP contribution in [0.15, 0.2) is 18.2 Å². The first-order chi connectivity index (χ1) is 18.3. The lowest BCUT2D eigenvalue weighted by Gasteiger charge is -2.24. The zero-order valence-corrected chi connectivity index (χ0v) is 25.7. The molecular formula is C30H47NO9. The fourth-order valence-electron chi connectivity index (χ4n) is 3.02. The van der Waals surface area contributed by atoms with Gasteiger partial charge in [0.05, 0.1) is 11.8 Å². The van der Waals surface area contributed by atoms with Crippen LogP contribution in [0.4, 0.5) is 4.79 Å². The number of hydrogen-bond donors (Lipinski definition) is 1. The summed E-state index contributed by atoms with van der Waals surface area (Å²) in [5.41, 5.74) is 5.95. The van der Waals surface area contributed by atoms with Crippen molar-refractivity contribution < 1.29 is 42.9 Å². The van der Waals surface area contributed by atoms with Gasteiger partial charge in [0.1, 0.15) is 23.9 Å². The maximum atomic E-state index is 12.7. The van der Waals surface area contributed by atoms with E-state index in [1.165, 1.54) is 12.1 Å². The van der Waals surface area contributed by atoms with E-state index < -0.39 is 53.8 Å². The van der Waals surface area contributed by atoms with Gasteiger partial charge in [-0.2, -0.15) is 0 Å². The van der Waals surface area contributed by atoms with Crippen molar-refractivity contribution in [2.24, 2.45) is 29.4 Å². The maximum Gasteiger partial charge on any atom is 0.509 e. The minimum absolute atomic E-state index is 0.0366. The molecule has 0 amide bonds. The van der Waals surface area contributed by atoms with E-state index in [1.807, 2.05) is 27.7 Å². The Hall–Kier alpha value is -3.14. The van der Waals surface area contributed by atoms with Crippen LogP contribution >= 0.6 is 0 Å². The predicted molar refractivity (Wildman–Crippen MR) is 150 cm³/mol. The van der Waals surface area contributed by atoms with Crippen LogP contribution in [0.1, 0.15) is 81.7 Å². The molecule has 0 fully saturated rings. The quantitative estimate of drug-likeness (QED) is 0.265. The van der Waals surface area contributed by atoms with Crippen LogP contribution in [0.3, 0.4) is 0 Å². The van der Waals surface area contributed by atoms with Gasteiger partial charge in [-0.1, -0.05) is 47.6 Å². The van der Waals surface area contributed by atoms with Crippen LogP contribution in [-0.4, -0.2) is 47.9 Å². The minimum atomic E-state index is -1.07. The Morgan fingerprint density at radius 1 is 0.725 bits per heavy atom. The highest BCUT2D eigenvalue weighted by atomic mass is 16.7. The van der Waals surface area contributed by atoms with Gasteiger partial charge < -0.3 is 29.4 Å². The summed E-state index contributed by atoms with van der Waals surface area (Å²) in [7, 11) is 0. The van der Waals surface area contributed by atoms with Crippen molar-refractivity contribution >= 4 is 24.1 Å². The molecule has 2 N–H and O–H groups in total. The van der Waals surface area contributed by atoms with Gasteiger partial charge in [-0.15, -0.1) is 0 Å². The van der Waals surface area contributed by atoms with E-state index in [2.05, 4.69) is 0 Å². The molecule has 0 bridgehead atoms. The fraction of sp³-hybridized carbons (Fsp3) is 0.667. The molecule has 1 aromatic carbocycles. The van der Waals surface area contributed by atoms with Crippen LogP contribution in [0, 0.1) is 23.7 Å². The summed E-state index contributed by atoms with van der Waals surface area (Å²) in [6.07, 6.45) is -2.38. The summed E-state index contributed by atoms with van der Waals surface area (Å²) in [6, 6.07) is 3.61. The molecule has 0 spiro atoms. The summed E-state index contributed by atoms with van der Waals surface area (Å²) in [5, 5.41) is 0. The number of nitrogens with two attached hydrogens (primary N) is 1. The van der Waals surface area contributed by atoms with E-state index in [0.717, 1.165) is 0 Å². The van der Waals surface area contributed by atoms with Gasteiger partial charge in [0.25, 0.3) is 0 Å². The molecule has 0 saturated heterocycles. The number of hydrogen-bond acceptors (Lipinski definition) is 10. The number of ether oxygens (including phenoxy) is 5. The highest BCUT2D eigenvalue weighted by molar-refractivity contribution is 5.79. The molecule has 0 heterocycles. The number of carbonyl (C=O) groups excluding carboxylic acids is 4. The Morgan fingerprint density at radius 3 is 1.68 bits per heavy atom. The monoisotopic (exact) mass is 565 g/mol. The van der Waals surface area contributed by atoms with Gasteiger partial charge in [-0.05, 0) is 70.6 Å². The van der Waals surface area contributed by atoms with E-state index in [1.54, 1.807) is 54.5 Å². The minimum Gasteiger partial charge on any atom is -0.458 e. The molecule has 40 heavy (non-hydrogen) atoms. The lowest BCUT2D eigenvalue weighted by molar-refractivity contribution is -0.156. The molecule has 0 aromatic heterocycles. The van der Waals surface area contributed by atoms with E-state index in [0.29, 0.717) is 5.56 Å². The van der Waals surface area contributed by atoms with Crippen LogP contribution in [0.5, 0.6) is 11.5 Å². The third-order valence-electron chi connectivity index (χ3n) is 6.57. The van der Waals surface area contributed by atoms with Gasteiger partial charge in [-0.3, -0.25) is 14.4 Å². The molecule has 2 unspecified atom stereocenters. The molecule has 5 atom stereocenters. The molecule has 0 aliphatic carbocycles. The van der Waals surface area contributed by atoms with Crippen molar-refractivity contribution in [3.05, 3.63) is 23.8 Å². The van der Waals surface area contributed by atoms with E-state index >= 15 is 0 Å². The molecule has 0 radical (unpaired) electrons. The number of rotatable bonds is 12. The summed E-state index contributed by atoms with van der Waals surface area (Å²) in [6.45, 7) is 19.4. The van der Waals surface area contributed by atoms with Crippen molar-refractivity contribution in [3.63, 3.8) is 0 Å². The van der Waals surface area contributed by atoms with Crippen molar-refractivity contribution in [2.75, 3.05) is 0 Å². The number of benzene rings is 1. The smallest absolute Gasteiger partial charge is 0.458 e. The highest BCUT2D eigenvalue weighted by Gasteiger charge is 2.28. The summed E-state index contributed by atoms with van der Waals surface area (Å²) in [5.74, 6) is -2.14. The summed E-state index contributed by atoms with van der Waals surface area (Å²) >= 11 is 0. The standard InChI is InChI=1S/C30H47NO9/c1-16(2)18(5)26(32)38-24-13-12-22(15-25(24)39-27(33)19(6)17(3)4)14-23(31)28(34)36-20(7)21(8)37-29(35)40-30(9,10)11/h12-13,15-21,23H,14,31H2,1-11H3/t18?,19?,20-,21-,23-/m0/s1. The van der Waals surface area contributed by atoms with Crippen molar-refractivity contribution in [1.29, 1.82) is 0 Å². The molecule has 1 aromatic rings. The molecule has 0 aliphatic rings. The lowest BCUT2D eigenvalue weighted by Crippen LogP contribution is -2.40. The van der Waals surface area contributed by atoms with Crippen LogP contribution in [0.2, 0.25) is 0 Å². The third kappa shape index (κ3) is 11.5. The van der Waals surface area contributed by atoms with Crippen LogP contribution < -0.4 is 15.2 Å². The van der Waals surface area contributed by atoms with Crippen molar-refractivity contribution in [1.82, 2.24) is 0 Å². The normalized spacial score (nSPS) is 15.4. The molecule has 226 valence electrons. The lowest BCUT2D eigenvalue weighted by atomic mass is 9.98. The Kier molecular flexibility index (Phi) is 13.1. The summed E-state index contributed by atoms with van der Waals surface area (Å²) in [4.78, 5) is 49.9. The second kappa shape index (κ2) is 15.0. The van der Waals surface area contributed by atoms with Gasteiger partial charge >= 0.3 is 24.1 Å². The maximum absolute atomic E-state index is 12.7. The average molecular weight is 566 g/mol. The first kappa shape index (κ1) is 34.9. The molecule has 1 rings (SSSR count). The van der Waals surface area contributed by atoms with Gasteiger partial charge in [-0.25, -0.2) is 4.79 Å². The average Bonchev–Trinajstić information content (AvgIpc) is 2.82. The second-order valence-electron chi connectivity index (χ2n) is 11.9. The first-order valence-electron chi connectivity index (χ1n) is 13.7. The highest BCUT2D eigenvalue weighted by Crippen LogP contribution is 2.31. The van der Waals surface area contributed by atoms with E-state index in [-0.39, 0.29) is 35.7 Å². The van der Waals surface area contributed by atoms with Gasteiger partial charge in [0.2, 0.25) is 0 Å². The van der Waals surface area contributed by atoms with Gasteiger partial charge in [0.15, 0.2) is 11.5 Å². The van der Waals surface area contributed by atoms with Crippen molar-refractivity contribution in [3.8, 4) is 11.5 Å². The molecule has 10 nitrogen and oxygen atoms in total. The molecule has 0 aliphatic heterocycles. The SMILES string of the molecule is CC(C)C(C)C(=O)Oc1ccc(C[C@H](N)C(=O)O[C@@H](C)[C@H](C)OC(=O)OC(C)(C)C)cc1OC(=O)C(C)C(C)C. The zero-order valence-electron chi connectivity index (χ0n) is 25.7. The molecular weight excluding hydrogens is 518 g/mol. The predicted octanol–water partition coefficient (Wildman–Crippen LogP) is 5.22. The first-order valence-corrected chi connectivity index (χ1v) is 13.7. The van der Waals surface area contributed by atoms with E-state index in [4.69, 9.17) is 29.4 Å². The Morgan fingerprint density at radius 2 is 1.20 bits per heavy atom. The Labute approximate surface area is 238 Å². The zero-order chi connectivity index (χ0) is 30.9. The number of esters is 3. The van der Waals surface area contributed by atoms with Crippen LogP contribution in [0.25, 0.3) is 0 Å². The number of carbonyl (C=O) groups is 4. The molecule has 10 heteroatoms.